The summed E-state index contributed by atoms with van der Waals surface area (Å²) < 4.78 is 16.8. The summed E-state index contributed by atoms with van der Waals surface area (Å²) in [6, 6.07) is 17.9. The van der Waals surface area contributed by atoms with Crippen molar-refractivity contribution in [3.63, 3.8) is 0 Å². The molecular formula is C22H24N4O2S. The van der Waals surface area contributed by atoms with Crippen LogP contribution in [0.15, 0.2) is 54.6 Å². The van der Waals surface area contributed by atoms with Crippen molar-refractivity contribution in [1.29, 1.82) is 0 Å². The van der Waals surface area contributed by atoms with Gasteiger partial charge in [-0.2, -0.15) is 5.10 Å². The number of hydrogen-bond donors (Lipinski definition) is 0. The Morgan fingerprint density at radius 1 is 0.931 bits per heavy atom. The molecule has 2 aliphatic heterocycles. The zero-order chi connectivity index (χ0) is 19.6. The number of likely N-dealkylation sites (tertiary alicyclic amines) is 1. The minimum absolute atomic E-state index is 0.325. The average molecular weight is 409 g/mol. The Morgan fingerprint density at radius 2 is 1.66 bits per heavy atom. The van der Waals surface area contributed by atoms with Crippen LogP contribution in [0.25, 0.3) is 5.69 Å². The molecule has 1 saturated heterocycles. The highest BCUT2D eigenvalue weighted by Crippen LogP contribution is 2.36. The van der Waals surface area contributed by atoms with Crippen LogP contribution in [0.4, 0.5) is 0 Å². The van der Waals surface area contributed by atoms with Crippen LogP contribution < -0.4 is 9.47 Å². The van der Waals surface area contributed by atoms with E-state index in [4.69, 9.17) is 26.8 Å². The molecule has 0 aliphatic carbocycles. The molecule has 1 fully saturated rings. The van der Waals surface area contributed by atoms with E-state index in [1.54, 1.807) is 0 Å². The highest BCUT2D eigenvalue weighted by Gasteiger charge is 2.29. The Balaban J connectivity index is 1.53. The summed E-state index contributed by atoms with van der Waals surface area (Å²) in [6.07, 6.45) is 3.44. The maximum absolute atomic E-state index is 6.26. The van der Waals surface area contributed by atoms with E-state index >= 15 is 0 Å². The lowest BCUT2D eigenvalue weighted by molar-refractivity contribution is 0.0828. The van der Waals surface area contributed by atoms with Crippen molar-refractivity contribution < 1.29 is 9.47 Å². The van der Waals surface area contributed by atoms with Crippen LogP contribution in [-0.4, -0.2) is 38.9 Å². The van der Waals surface area contributed by atoms with Gasteiger partial charge in [-0.3, -0.25) is 9.47 Å². The van der Waals surface area contributed by atoms with Crippen LogP contribution in [0.1, 0.15) is 31.2 Å². The maximum Gasteiger partial charge on any atom is 0.203 e. The molecule has 2 aromatic carbocycles. The first-order valence-corrected chi connectivity index (χ1v) is 10.6. The molecule has 1 atom stereocenters. The molecule has 0 saturated carbocycles. The topological polar surface area (TPSA) is 44.5 Å². The van der Waals surface area contributed by atoms with E-state index in [-0.39, 0.29) is 6.10 Å². The first-order chi connectivity index (χ1) is 14.3. The highest BCUT2D eigenvalue weighted by molar-refractivity contribution is 7.71. The van der Waals surface area contributed by atoms with Crippen LogP contribution >= 0.6 is 12.2 Å². The third-order valence-corrected chi connectivity index (χ3v) is 5.85. The molecular weight excluding hydrogens is 384 g/mol. The number of benzene rings is 2. The molecule has 150 valence electrons. The molecule has 7 heteroatoms. The van der Waals surface area contributed by atoms with Gasteiger partial charge in [0, 0.05) is 5.69 Å². The third kappa shape index (κ3) is 3.68. The number of nitrogens with zero attached hydrogens (tertiary/aromatic N) is 4. The van der Waals surface area contributed by atoms with Gasteiger partial charge in [-0.1, -0.05) is 36.8 Å². The molecule has 1 aromatic heterocycles. The summed E-state index contributed by atoms with van der Waals surface area (Å²) in [5, 5.41) is 4.91. The van der Waals surface area contributed by atoms with E-state index in [2.05, 4.69) is 4.90 Å². The van der Waals surface area contributed by atoms with Crippen LogP contribution in [0.3, 0.4) is 0 Å². The second-order valence-corrected chi connectivity index (χ2v) is 7.86. The summed E-state index contributed by atoms with van der Waals surface area (Å²) >= 11 is 5.85. The molecule has 5 rings (SSSR count). The molecule has 1 unspecified atom stereocenters. The normalized spacial score (nSPS) is 19.2. The monoisotopic (exact) mass is 408 g/mol. The Hall–Kier alpha value is -2.64. The predicted octanol–water partition coefficient (Wildman–Crippen LogP) is 4.36. The second-order valence-electron chi connectivity index (χ2n) is 7.50. The smallest absolute Gasteiger partial charge is 0.203 e. The minimum Gasteiger partial charge on any atom is -0.485 e. The van der Waals surface area contributed by atoms with Crippen molar-refractivity contribution in [2.24, 2.45) is 0 Å². The van der Waals surface area contributed by atoms with Crippen molar-refractivity contribution in [2.75, 3.05) is 19.7 Å². The molecule has 0 amide bonds. The van der Waals surface area contributed by atoms with Gasteiger partial charge in [0.15, 0.2) is 23.4 Å². The number of fused-ring (bicyclic) bond motifs is 1. The number of aromatic nitrogens is 3. The van der Waals surface area contributed by atoms with Crippen molar-refractivity contribution in [3.05, 3.63) is 65.2 Å². The molecule has 0 spiro atoms. The molecule has 0 radical (unpaired) electrons. The average Bonchev–Trinajstić information content (AvgIpc) is 3.10. The van der Waals surface area contributed by atoms with E-state index in [0.717, 1.165) is 36.1 Å². The molecule has 0 bridgehead atoms. The zero-order valence-corrected chi connectivity index (χ0v) is 17.1. The number of ether oxygens (including phenoxy) is 2. The Labute approximate surface area is 175 Å². The third-order valence-electron chi connectivity index (χ3n) is 5.46. The lowest BCUT2D eigenvalue weighted by Gasteiger charge is -2.26. The van der Waals surface area contributed by atoms with Crippen molar-refractivity contribution >= 4 is 12.2 Å². The Morgan fingerprint density at radius 3 is 2.45 bits per heavy atom. The number of para-hydroxylation sites is 3. The molecule has 6 nitrogen and oxygen atoms in total. The highest BCUT2D eigenvalue weighted by atomic mass is 32.1. The van der Waals surface area contributed by atoms with Gasteiger partial charge in [-0.05, 0) is 62.4 Å². The summed E-state index contributed by atoms with van der Waals surface area (Å²) in [5.74, 6) is 2.27. The van der Waals surface area contributed by atoms with Crippen molar-refractivity contribution in [1.82, 2.24) is 19.2 Å². The summed E-state index contributed by atoms with van der Waals surface area (Å²) in [6.45, 7) is 3.28. The Kier molecular flexibility index (Phi) is 5.08. The van der Waals surface area contributed by atoms with Gasteiger partial charge in [0.05, 0.1) is 6.67 Å². The lowest BCUT2D eigenvalue weighted by Crippen LogP contribution is -2.32. The van der Waals surface area contributed by atoms with Gasteiger partial charge in [-0.15, -0.1) is 0 Å². The summed E-state index contributed by atoms with van der Waals surface area (Å²) in [4.78, 5) is 2.42. The van der Waals surface area contributed by atoms with E-state index in [9.17, 15) is 0 Å². The number of rotatable bonds is 4. The quantitative estimate of drug-likeness (QED) is 0.600. The number of piperidine rings is 1. The Bertz CT molecular complexity index is 1040. The molecule has 3 aromatic rings. The fourth-order valence-electron chi connectivity index (χ4n) is 3.98. The van der Waals surface area contributed by atoms with Gasteiger partial charge in [0.25, 0.3) is 0 Å². The van der Waals surface area contributed by atoms with E-state index in [1.165, 1.54) is 19.3 Å². The first-order valence-electron chi connectivity index (χ1n) is 10.2. The molecule has 3 heterocycles. The predicted molar refractivity (Wildman–Crippen MR) is 113 cm³/mol. The first kappa shape index (κ1) is 18.4. The maximum atomic E-state index is 6.26. The molecule has 2 aliphatic rings. The van der Waals surface area contributed by atoms with Crippen LogP contribution in [0.2, 0.25) is 0 Å². The number of hydrogen-bond acceptors (Lipinski definition) is 5. The van der Waals surface area contributed by atoms with E-state index in [0.29, 0.717) is 18.0 Å². The molecule has 29 heavy (non-hydrogen) atoms. The second kappa shape index (κ2) is 8.00. The minimum atomic E-state index is -0.325. The fourth-order valence-corrected chi connectivity index (χ4v) is 4.28. The van der Waals surface area contributed by atoms with Crippen LogP contribution in [-0.2, 0) is 6.67 Å². The van der Waals surface area contributed by atoms with Gasteiger partial charge in [-0.25, -0.2) is 4.68 Å². The zero-order valence-electron chi connectivity index (χ0n) is 16.2. The van der Waals surface area contributed by atoms with Gasteiger partial charge in [0.2, 0.25) is 4.77 Å². The van der Waals surface area contributed by atoms with E-state index < -0.39 is 0 Å². The van der Waals surface area contributed by atoms with Crippen molar-refractivity contribution in [2.45, 2.75) is 32.0 Å². The van der Waals surface area contributed by atoms with Crippen LogP contribution in [0, 0.1) is 4.77 Å². The largest absolute Gasteiger partial charge is 0.485 e. The lowest BCUT2D eigenvalue weighted by atomic mass is 10.1. The standard InChI is InChI=1S/C22H24N4O2S/c29-22-25(16-24-13-7-2-8-14-24)23-21(26(22)17-9-3-1-4-10-17)20-15-27-18-11-5-6-12-19(18)28-20/h1,3-6,9-12,20H,2,7-8,13-16H2. The van der Waals surface area contributed by atoms with Crippen LogP contribution in [0.5, 0.6) is 11.5 Å². The van der Waals surface area contributed by atoms with Crippen molar-refractivity contribution in [3.8, 4) is 17.2 Å². The summed E-state index contributed by atoms with van der Waals surface area (Å²) in [7, 11) is 0. The SMILES string of the molecule is S=c1n(CN2CCCCC2)nc(C2COc3ccccc3O2)n1-c1ccccc1. The van der Waals surface area contributed by atoms with E-state index in [1.807, 2.05) is 63.8 Å². The summed E-state index contributed by atoms with van der Waals surface area (Å²) in [5.41, 5.74) is 0.986. The van der Waals surface area contributed by atoms with Gasteiger partial charge < -0.3 is 9.47 Å². The van der Waals surface area contributed by atoms with Gasteiger partial charge in [0.1, 0.15) is 6.61 Å². The fraction of sp³-hybridized carbons (Fsp3) is 0.364. The van der Waals surface area contributed by atoms with Gasteiger partial charge >= 0.3 is 0 Å². The molecule has 0 N–H and O–H groups in total.